The summed E-state index contributed by atoms with van der Waals surface area (Å²) in [4.78, 5) is 15.3. The first kappa shape index (κ1) is 16.0. The molecular weight excluding hydrogens is 260 g/mol. The summed E-state index contributed by atoms with van der Waals surface area (Å²) in [6, 6.07) is 4.43. The van der Waals surface area contributed by atoms with Crippen LogP contribution in [-0.2, 0) is 9.53 Å². The first-order valence-electron chi connectivity index (χ1n) is 6.56. The lowest BCUT2D eigenvalue weighted by atomic mass is 10.1. The molecular formula is C14H22N2O2S. The van der Waals surface area contributed by atoms with Crippen molar-refractivity contribution in [1.29, 1.82) is 0 Å². The number of nitrogens with one attached hydrogen (secondary N) is 1. The molecule has 1 rings (SSSR count). The predicted molar refractivity (Wildman–Crippen MR) is 78.3 cm³/mol. The molecule has 1 aromatic heterocycles. The number of carbonyl (C=O) groups excluding carboxylic acids is 1. The lowest BCUT2D eigenvalue weighted by Crippen LogP contribution is -2.19. The summed E-state index contributed by atoms with van der Waals surface area (Å²) in [5.74, 6) is 0.515. The fourth-order valence-electron chi connectivity index (χ4n) is 1.59. The molecule has 0 saturated carbocycles. The zero-order valence-corrected chi connectivity index (χ0v) is 12.6. The summed E-state index contributed by atoms with van der Waals surface area (Å²) in [6.07, 6.45) is 3.35. The Morgan fingerprint density at radius 1 is 1.58 bits per heavy atom. The normalized spacial score (nSPS) is 12.2. The fraction of sp³-hybridized carbons (Fsp3) is 0.571. The maximum Gasteiger partial charge on any atom is 0.306 e. The van der Waals surface area contributed by atoms with Crippen LogP contribution in [-0.4, -0.2) is 30.4 Å². The van der Waals surface area contributed by atoms with E-state index in [1.807, 2.05) is 12.3 Å². The van der Waals surface area contributed by atoms with Crippen LogP contribution >= 0.6 is 11.8 Å². The summed E-state index contributed by atoms with van der Waals surface area (Å²) < 4.78 is 4.61. The first-order chi connectivity index (χ1) is 9.17. The number of methoxy groups -OCH3 is 1. The molecule has 0 amide bonds. The zero-order valence-electron chi connectivity index (χ0n) is 11.8. The van der Waals surface area contributed by atoms with E-state index >= 15 is 0 Å². The van der Waals surface area contributed by atoms with Gasteiger partial charge in [0.05, 0.1) is 18.6 Å². The quantitative estimate of drug-likeness (QED) is 0.587. The predicted octanol–water partition coefficient (Wildman–Crippen LogP) is 2.80. The van der Waals surface area contributed by atoms with E-state index in [4.69, 9.17) is 0 Å². The molecule has 0 fully saturated rings. The molecule has 0 aliphatic rings. The van der Waals surface area contributed by atoms with Crippen LogP contribution in [0.5, 0.6) is 0 Å². The Hall–Kier alpha value is -1.07. The number of rotatable bonds is 8. The lowest BCUT2D eigenvalue weighted by Gasteiger charge is -2.14. The molecule has 0 spiro atoms. The Bertz CT molecular complexity index is 399. The van der Waals surface area contributed by atoms with E-state index in [1.165, 1.54) is 12.7 Å². The maximum atomic E-state index is 11.0. The van der Waals surface area contributed by atoms with Gasteiger partial charge in [0.1, 0.15) is 0 Å². The van der Waals surface area contributed by atoms with E-state index < -0.39 is 0 Å². The minimum atomic E-state index is -0.179. The average Bonchev–Trinajstić information content (AvgIpc) is 2.44. The molecule has 0 saturated heterocycles. The van der Waals surface area contributed by atoms with E-state index in [0.29, 0.717) is 18.2 Å². The number of ether oxygens (including phenoxy) is 1. The van der Waals surface area contributed by atoms with Crippen molar-refractivity contribution in [3.63, 3.8) is 0 Å². The molecule has 106 valence electrons. The highest BCUT2D eigenvalue weighted by Crippen LogP contribution is 2.20. The average molecular weight is 282 g/mol. The molecule has 1 aromatic rings. The van der Waals surface area contributed by atoms with Gasteiger partial charge in [-0.15, -0.1) is 11.8 Å². The third-order valence-electron chi connectivity index (χ3n) is 2.74. The standard InChI is InChI=1S/C14H22N2O2S/c1-4-7-15-11(2)12-5-8-16-13(10-12)19-9-6-14(17)18-3/h5,8,10-11,15H,4,6-7,9H2,1-3H3. The van der Waals surface area contributed by atoms with E-state index in [9.17, 15) is 4.79 Å². The van der Waals surface area contributed by atoms with Gasteiger partial charge in [0, 0.05) is 18.0 Å². The van der Waals surface area contributed by atoms with Crippen LogP contribution in [0.2, 0.25) is 0 Å². The third kappa shape index (κ3) is 6.07. The van der Waals surface area contributed by atoms with Crippen LogP contribution in [0.1, 0.15) is 38.3 Å². The van der Waals surface area contributed by atoms with Gasteiger partial charge in [-0.2, -0.15) is 0 Å². The van der Waals surface area contributed by atoms with E-state index in [-0.39, 0.29) is 5.97 Å². The number of hydrogen-bond donors (Lipinski definition) is 1. The van der Waals surface area contributed by atoms with Crippen molar-refractivity contribution in [3.05, 3.63) is 23.9 Å². The Kier molecular flexibility index (Phi) is 7.52. The number of nitrogens with zero attached hydrogens (tertiary/aromatic N) is 1. The van der Waals surface area contributed by atoms with Crippen LogP contribution < -0.4 is 5.32 Å². The van der Waals surface area contributed by atoms with Gasteiger partial charge < -0.3 is 10.1 Å². The topological polar surface area (TPSA) is 51.2 Å². The summed E-state index contributed by atoms with van der Waals surface area (Å²) >= 11 is 1.58. The number of esters is 1. The van der Waals surface area contributed by atoms with Gasteiger partial charge in [0.25, 0.3) is 0 Å². The SMILES string of the molecule is CCCNC(C)c1ccnc(SCCC(=O)OC)c1. The first-order valence-corrected chi connectivity index (χ1v) is 7.54. The highest BCUT2D eigenvalue weighted by Gasteiger charge is 2.07. The molecule has 19 heavy (non-hydrogen) atoms. The molecule has 0 aliphatic carbocycles. The largest absolute Gasteiger partial charge is 0.469 e. The van der Waals surface area contributed by atoms with Crippen LogP contribution in [0.25, 0.3) is 0 Å². The number of pyridine rings is 1. The second kappa shape index (κ2) is 8.93. The molecule has 4 nitrogen and oxygen atoms in total. The monoisotopic (exact) mass is 282 g/mol. The van der Waals surface area contributed by atoms with Crippen molar-refractivity contribution < 1.29 is 9.53 Å². The highest BCUT2D eigenvalue weighted by atomic mass is 32.2. The molecule has 1 atom stereocenters. The van der Waals surface area contributed by atoms with Crippen molar-refractivity contribution in [2.75, 3.05) is 19.4 Å². The fourth-order valence-corrected chi connectivity index (χ4v) is 2.43. The van der Waals surface area contributed by atoms with Crippen molar-refractivity contribution in [3.8, 4) is 0 Å². The second-order valence-corrected chi connectivity index (χ2v) is 5.39. The molecule has 0 radical (unpaired) electrons. The van der Waals surface area contributed by atoms with Gasteiger partial charge in [0.2, 0.25) is 0 Å². The number of thioether (sulfide) groups is 1. The second-order valence-electron chi connectivity index (χ2n) is 4.28. The van der Waals surface area contributed by atoms with Crippen LogP contribution in [0, 0.1) is 0 Å². The summed E-state index contributed by atoms with van der Waals surface area (Å²) in [5, 5.41) is 4.40. The Morgan fingerprint density at radius 2 is 2.37 bits per heavy atom. The minimum Gasteiger partial charge on any atom is -0.469 e. The van der Waals surface area contributed by atoms with Crippen molar-refractivity contribution in [2.45, 2.75) is 37.8 Å². The van der Waals surface area contributed by atoms with Crippen LogP contribution in [0.3, 0.4) is 0 Å². The third-order valence-corrected chi connectivity index (χ3v) is 3.67. The maximum absolute atomic E-state index is 11.0. The van der Waals surface area contributed by atoms with Crippen LogP contribution in [0.4, 0.5) is 0 Å². The molecule has 1 unspecified atom stereocenters. The van der Waals surface area contributed by atoms with Gasteiger partial charge in [-0.1, -0.05) is 6.92 Å². The van der Waals surface area contributed by atoms with Crippen molar-refractivity contribution >= 4 is 17.7 Å². The molecule has 5 heteroatoms. The number of aromatic nitrogens is 1. The van der Waals surface area contributed by atoms with Gasteiger partial charge in [-0.3, -0.25) is 4.79 Å². The smallest absolute Gasteiger partial charge is 0.306 e. The summed E-state index contributed by atoms with van der Waals surface area (Å²) in [5.41, 5.74) is 1.23. The number of carbonyl (C=O) groups is 1. The van der Waals surface area contributed by atoms with E-state index in [1.54, 1.807) is 11.8 Å². The minimum absolute atomic E-state index is 0.179. The van der Waals surface area contributed by atoms with Crippen LogP contribution in [0.15, 0.2) is 23.4 Å². The summed E-state index contributed by atoms with van der Waals surface area (Å²) in [7, 11) is 1.41. The molecule has 0 bridgehead atoms. The van der Waals surface area contributed by atoms with Gasteiger partial charge in [-0.05, 0) is 37.6 Å². The molecule has 1 heterocycles. The Labute approximate surface area is 119 Å². The van der Waals surface area contributed by atoms with Gasteiger partial charge >= 0.3 is 5.97 Å². The van der Waals surface area contributed by atoms with E-state index in [0.717, 1.165) is 18.0 Å². The lowest BCUT2D eigenvalue weighted by molar-refractivity contribution is -0.140. The van der Waals surface area contributed by atoms with Crippen molar-refractivity contribution in [1.82, 2.24) is 10.3 Å². The summed E-state index contributed by atoms with van der Waals surface area (Å²) in [6.45, 7) is 5.31. The van der Waals surface area contributed by atoms with Gasteiger partial charge in [-0.25, -0.2) is 4.98 Å². The highest BCUT2D eigenvalue weighted by molar-refractivity contribution is 7.99. The van der Waals surface area contributed by atoms with E-state index in [2.05, 4.69) is 35.0 Å². The molecule has 1 N–H and O–H groups in total. The number of hydrogen-bond acceptors (Lipinski definition) is 5. The van der Waals surface area contributed by atoms with Crippen molar-refractivity contribution in [2.24, 2.45) is 0 Å². The zero-order chi connectivity index (χ0) is 14.1. The van der Waals surface area contributed by atoms with Gasteiger partial charge in [0.15, 0.2) is 0 Å². The Balaban J connectivity index is 2.49. The Morgan fingerprint density at radius 3 is 3.05 bits per heavy atom. The molecule has 0 aliphatic heterocycles. The molecule has 0 aromatic carbocycles.